The summed E-state index contributed by atoms with van der Waals surface area (Å²) in [5, 5.41) is 0. The maximum atomic E-state index is 12.0. The number of rotatable bonds is 6. The van der Waals surface area contributed by atoms with Crippen molar-refractivity contribution >= 4 is 19.0 Å². The lowest BCUT2D eigenvalue weighted by Gasteiger charge is -2.30. The summed E-state index contributed by atoms with van der Waals surface area (Å²) in [6.07, 6.45) is 6.20. The van der Waals surface area contributed by atoms with E-state index in [0.717, 1.165) is 37.0 Å². The van der Waals surface area contributed by atoms with Gasteiger partial charge in [0.25, 0.3) is 0 Å². The van der Waals surface area contributed by atoms with Crippen LogP contribution in [0.5, 0.6) is 0 Å². The summed E-state index contributed by atoms with van der Waals surface area (Å²) >= 11 is 0. The van der Waals surface area contributed by atoms with Crippen molar-refractivity contribution in [1.82, 2.24) is 0 Å². The number of hydrogen-bond acceptors (Lipinski definition) is 5. The van der Waals surface area contributed by atoms with Crippen LogP contribution < -0.4 is 5.73 Å². The summed E-state index contributed by atoms with van der Waals surface area (Å²) in [5.74, 6) is 1.27. The van der Waals surface area contributed by atoms with E-state index < -0.39 is 7.37 Å². The number of ether oxygens (including phenoxy) is 1. The smallest absolute Gasteiger partial charge is 0.242 e. The van der Waals surface area contributed by atoms with Crippen LogP contribution in [0.4, 0.5) is 0 Å². The SMILES string of the molecule is C=C/N=C1/O[C@H](C)C(c2ccc([C@H]3CC[C@H](CP(=O)(O)CC)CC3)cc2)=N/C1=C(/C)N. The van der Waals surface area contributed by atoms with E-state index in [-0.39, 0.29) is 6.10 Å². The molecular formula is C24H34N3O3P. The Morgan fingerprint density at radius 2 is 1.97 bits per heavy atom. The summed E-state index contributed by atoms with van der Waals surface area (Å²) in [5.41, 5.74) is 10.2. The topological polar surface area (TPSA) is 97.3 Å². The van der Waals surface area contributed by atoms with Crippen LogP contribution in [0.15, 0.2) is 58.4 Å². The molecule has 1 aromatic carbocycles. The van der Waals surface area contributed by atoms with E-state index in [0.29, 0.717) is 41.5 Å². The Bertz CT molecular complexity index is 937. The van der Waals surface area contributed by atoms with Gasteiger partial charge in [-0.1, -0.05) is 37.8 Å². The molecule has 1 fully saturated rings. The second kappa shape index (κ2) is 9.97. The minimum atomic E-state index is -2.93. The molecule has 0 radical (unpaired) electrons. The lowest BCUT2D eigenvalue weighted by molar-refractivity contribution is 0.268. The third-order valence-electron chi connectivity index (χ3n) is 6.25. The predicted molar refractivity (Wildman–Crippen MR) is 128 cm³/mol. The Balaban J connectivity index is 1.72. The number of benzene rings is 1. The summed E-state index contributed by atoms with van der Waals surface area (Å²) < 4.78 is 18.0. The molecule has 2 atom stereocenters. The van der Waals surface area contributed by atoms with Crippen LogP contribution in [0, 0.1) is 5.92 Å². The molecule has 7 heteroatoms. The number of allylic oxidation sites excluding steroid dienone is 1. The molecule has 0 saturated heterocycles. The summed E-state index contributed by atoms with van der Waals surface area (Å²) in [7, 11) is -2.93. The summed E-state index contributed by atoms with van der Waals surface area (Å²) in [6, 6.07) is 8.53. The van der Waals surface area contributed by atoms with Crippen LogP contribution in [-0.2, 0) is 9.30 Å². The maximum absolute atomic E-state index is 12.0. The van der Waals surface area contributed by atoms with Crippen molar-refractivity contribution in [2.24, 2.45) is 21.6 Å². The number of nitrogens with zero attached hydrogens (tertiary/aromatic N) is 2. The third-order valence-corrected chi connectivity index (χ3v) is 8.33. The molecule has 0 spiro atoms. The highest BCUT2D eigenvalue weighted by molar-refractivity contribution is 7.57. The molecule has 0 amide bonds. The van der Waals surface area contributed by atoms with Gasteiger partial charge in [-0.05, 0) is 62.5 Å². The molecule has 1 heterocycles. The quantitative estimate of drug-likeness (QED) is 0.591. The van der Waals surface area contributed by atoms with Crippen molar-refractivity contribution in [2.45, 2.75) is 58.5 Å². The van der Waals surface area contributed by atoms with Gasteiger partial charge in [-0.3, -0.25) is 4.57 Å². The van der Waals surface area contributed by atoms with Crippen LogP contribution >= 0.6 is 7.37 Å². The van der Waals surface area contributed by atoms with E-state index in [1.54, 1.807) is 13.8 Å². The van der Waals surface area contributed by atoms with Gasteiger partial charge < -0.3 is 15.4 Å². The van der Waals surface area contributed by atoms with Crippen molar-refractivity contribution in [1.29, 1.82) is 0 Å². The van der Waals surface area contributed by atoms with Crippen molar-refractivity contribution in [3.63, 3.8) is 0 Å². The largest absolute Gasteiger partial charge is 0.467 e. The fraction of sp³-hybridized carbons (Fsp3) is 0.500. The zero-order valence-electron chi connectivity index (χ0n) is 18.8. The van der Waals surface area contributed by atoms with Crippen LogP contribution in [0.2, 0.25) is 0 Å². The Morgan fingerprint density at radius 1 is 1.32 bits per heavy atom. The van der Waals surface area contributed by atoms with E-state index in [1.807, 2.05) is 6.92 Å². The Labute approximate surface area is 185 Å². The van der Waals surface area contributed by atoms with Gasteiger partial charge in [-0.15, -0.1) is 0 Å². The number of hydrogen-bond donors (Lipinski definition) is 2. The molecule has 1 aliphatic heterocycles. The monoisotopic (exact) mass is 443 g/mol. The first kappa shape index (κ1) is 23.5. The molecule has 2 aliphatic rings. The second-order valence-electron chi connectivity index (χ2n) is 8.59. The fourth-order valence-electron chi connectivity index (χ4n) is 4.41. The third kappa shape index (κ3) is 5.75. The lowest BCUT2D eigenvalue weighted by atomic mass is 9.79. The molecule has 6 nitrogen and oxygen atoms in total. The number of aliphatic imine (C=N–C) groups is 2. The van der Waals surface area contributed by atoms with E-state index >= 15 is 0 Å². The maximum Gasteiger partial charge on any atom is 0.242 e. The molecule has 3 rings (SSSR count). The molecule has 168 valence electrons. The van der Waals surface area contributed by atoms with E-state index in [2.05, 4.69) is 35.8 Å². The highest BCUT2D eigenvalue weighted by Crippen LogP contribution is 2.46. The first-order valence-corrected chi connectivity index (χ1v) is 13.1. The molecule has 0 bridgehead atoms. The van der Waals surface area contributed by atoms with E-state index in [4.69, 9.17) is 15.5 Å². The van der Waals surface area contributed by atoms with Gasteiger partial charge in [0.1, 0.15) is 11.8 Å². The Morgan fingerprint density at radius 3 is 2.52 bits per heavy atom. The average Bonchev–Trinajstić information content (AvgIpc) is 2.74. The first-order chi connectivity index (χ1) is 14.7. The van der Waals surface area contributed by atoms with Gasteiger partial charge >= 0.3 is 0 Å². The minimum absolute atomic E-state index is 0.240. The number of nitrogens with two attached hydrogens (primary N) is 1. The second-order valence-corrected chi connectivity index (χ2v) is 11.3. The first-order valence-electron chi connectivity index (χ1n) is 11.1. The Kier molecular flexibility index (Phi) is 7.55. The molecule has 1 saturated carbocycles. The van der Waals surface area contributed by atoms with Crippen LogP contribution in [0.25, 0.3) is 0 Å². The van der Waals surface area contributed by atoms with E-state index in [9.17, 15) is 9.46 Å². The van der Waals surface area contributed by atoms with Gasteiger partial charge in [0.05, 0.1) is 5.71 Å². The van der Waals surface area contributed by atoms with Crippen molar-refractivity contribution < 1.29 is 14.2 Å². The van der Waals surface area contributed by atoms with Gasteiger partial charge in [0, 0.05) is 24.2 Å². The fourth-order valence-corrected chi connectivity index (χ4v) is 5.84. The predicted octanol–water partition coefficient (Wildman–Crippen LogP) is 5.19. The molecule has 31 heavy (non-hydrogen) atoms. The molecule has 1 aliphatic carbocycles. The standard InChI is InChI=1S/C24H34N3O3P/c1-5-26-24-22(16(3)25)27-23(17(4)30-24)21-13-11-20(12-14-21)19-9-7-18(8-10-19)15-31(28,29)6-2/h5,11-14,17-19H,1,6-10,15,25H2,2-4H3,(H,28,29)/b22-16-,26-24+/t17-,18-,19-/m1/s1. The van der Waals surface area contributed by atoms with Gasteiger partial charge in [0.2, 0.25) is 13.3 Å². The normalized spacial score (nSPS) is 29.0. The average molecular weight is 444 g/mol. The zero-order valence-corrected chi connectivity index (χ0v) is 19.6. The highest BCUT2D eigenvalue weighted by atomic mass is 31.2. The van der Waals surface area contributed by atoms with E-state index in [1.165, 1.54) is 11.8 Å². The van der Waals surface area contributed by atoms with Crippen molar-refractivity contribution in [3.8, 4) is 0 Å². The highest BCUT2D eigenvalue weighted by Gasteiger charge is 2.29. The van der Waals surface area contributed by atoms with Crippen LogP contribution in [0.3, 0.4) is 0 Å². The zero-order chi connectivity index (χ0) is 22.6. The van der Waals surface area contributed by atoms with Crippen LogP contribution in [-0.4, -0.2) is 34.9 Å². The van der Waals surface area contributed by atoms with Gasteiger partial charge in [-0.25, -0.2) is 9.98 Å². The molecule has 1 unspecified atom stereocenters. The molecule has 1 aromatic rings. The molecule has 3 N–H and O–H groups in total. The molecular weight excluding hydrogens is 409 g/mol. The van der Waals surface area contributed by atoms with Gasteiger partial charge in [0.15, 0.2) is 0 Å². The molecule has 0 aromatic heterocycles. The van der Waals surface area contributed by atoms with Crippen molar-refractivity contribution in [3.05, 3.63) is 59.6 Å². The summed E-state index contributed by atoms with van der Waals surface area (Å²) in [6.45, 7) is 9.16. The summed E-state index contributed by atoms with van der Waals surface area (Å²) in [4.78, 5) is 18.8. The van der Waals surface area contributed by atoms with Gasteiger partial charge in [-0.2, -0.15) is 0 Å². The minimum Gasteiger partial charge on any atom is -0.467 e. The Hall–Kier alpha value is -2.17. The lowest BCUT2D eigenvalue weighted by Crippen LogP contribution is -2.32. The van der Waals surface area contributed by atoms with Crippen molar-refractivity contribution in [2.75, 3.05) is 12.3 Å². The van der Waals surface area contributed by atoms with Crippen LogP contribution in [0.1, 0.15) is 63.5 Å².